The lowest BCUT2D eigenvalue weighted by atomic mass is 9.70. The van der Waals surface area contributed by atoms with Gasteiger partial charge in [-0.2, -0.15) is 0 Å². The van der Waals surface area contributed by atoms with Crippen LogP contribution in [0.25, 0.3) is 86.5 Å². The third kappa shape index (κ3) is 3.55. The molecule has 2 heterocycles. The van der Waals surface area contributed by atoms with E-state index in [-0.39, 0.29) is 5.41 Å². The molecule has 0 atom stereocenters. The van der Waals surface area contributed by atoms with Gasteiger partial charge in [-0.15, -0.1) is 11.3 Å². The first-order chi connectivity index (χ1) is 25.8. The summed E-state index contributed by atoms with van der Waals surface area (Å²) in [4.78, 5) is 5.45. The Morgan fingerprint density at radius 1 is 0.404 bits per heavy atom. The van der Waals surface area contributed by atoms with Gasteiger partial charge in [0.2, 0.25) is 0 Å². The van der Waals surface area contributed by atoms with Crippen molar-refractivity contribution >= 4 is 53.2 Å². The third-order valence-corrected chi connectivity index (χ3v) is 12.9. The maximum Gasteiger partial charge on any atom is 0.0788 e. The standard InChI is InChI=1S/C50H29NS/c1-6-22-40-33(15-1)34-16-2-7-23-41(34)50(40)42-24-8-3-18-37(42)47-43(50)28-27-39-46(47)38-19-4-9-25-44(38)51-48(39)31-14-11-13-30(29-31)32-20-12-21-36-35-17-5-10-26-45(35)52-49(32)36/h1-29H. The van der Waals surface area contributed by atoms with Gasteiger partial charge in [0.25, 0.3) is 0 Å². The van der Waals surface area contributed by atoms with E-state index in [0.29, 0.717) is 0 Å². The summed E-state index contributed by atoms with van der Waals surface area (Å²) in [6, 6.07) is 65.2. The minimum Gasteiger partial charge on any atom is -0.247 e. The van der Waals surface area contributed by atoms with Gasteiger partial charge in [0.15, 0.2) is 0 Å². The molecule has 12 rings (SSSR count). The first-order valence-corrected chi connectivity index (χ1v) is 18.8. The van der Waals surface area contributed by atoms with Crippen molar-refractivity contribution in [3.05, 3.63) is 198 Å². The second-order valence-corrected chi connectivity index (χ2v) is 15.2. The predicted octanol–water partition coefficient (Wildman–Crippen LogP) is 13.4. The molecular weight excluding hydrogens is 647 g/mol. The van der Waals surface area contributed by atoms with E-state index < -0.39 is 0 Å². The number of hydrogen-bond donors (Lipinski definition) is 0. The molecule has 2 heteroatoms. The van der Waals surface area contributed by atoms with E-state index >= 15 is 0 Å². The van der Waals surface area contributed by atoms with Gasteiger partial charge in [0.1, 0.15) is 0 Å². The Hall–Kier alpha value is -6.35. The average molecular weight is 676 g/mol. The van der Waals surface area contributed by atoms with Crippen LogP contribution in [0.1, 0.15) is 22.3 Å². The molecule has 1 spiro atoms. The van der Waals surface area contributed by atoms with E-state index in [1.165, 1.54) is 92.0 Å². The molecule has 0 amide bonds. The molecule has 0 radical (unpaired) electrons. The van der Waals surface area contributed by atoms with Crippen LogP contribution in [0.4, 0.5) is 0 Å². The lowest BCUT2D eigenvalue weighted by molar-refractivity contribution is 0.794. The Labute approximate surface area is 305 Å². The fraction of sp³-hybridized carbons (Fsp3) is 0.0200. The molecule has 0 saturated carbocycles. The van der Waals surface area contributed by atoms with Crippen LogP contribution in [0, 0.1) is 0 Å². The van der Waals surface area contributed by atoms with Crippen LogP contribution in [-0.2, 0) is 5.41 Å². The highest BCUT2D eigenvalue weighted by Crippen LogP contribution is 2.64. The van der Waals surface area contributed by atoms with Crippen LogP contribution in [0.15, 0.2) is 176 Å². The van der Waals surface area contributed by atoms with Crippen molar-refractivity contribution < 1.29 is 0 Å². The van der Waals surface area contributed by atoms with Crippen LogP contribution in [0.2, 0.25) is 0 Å². The predicted molar refractivity (Wildman–Crippen MR) is 219 cm³/mol. The summed E-state index contributed by atoms with van der Waals surface area (Å²) in [7, 11) is 0. The molecule has 0 fully saturated rings. The summed E-state index contributed by atoms with van der Waals surface area (Å²) in [6.45, 7) is 0. The highest BCUT2D eigenvalue weighted by molar-refractivity contribution is 7.26. The van der Waals surface area contributed by atoms with Crippen LogP contribution in [0.5, 0.6) is 0 Å². The SMILES string of the molecule is c1cc(-c2nc3ccccc3c3c4c(ccc23)C2(c3ccccc3-c3ccccc32)c2ccccc2-4)cc(-c2cccc3c2sc2ccccc23)c1. The maximum atomic E-state index is 5.45. The summed E-state index contributed by atoms with van der Waals surface area (Å²) in [6.07, 6.45) is 0. The highest BCUT2D eigenvalue weighted by Gasteiger charge is 2.52. The molecular formula is C50H29NS. The van der Waals surface area contributed by atoms with Gasteiger partial charge in [-0.3, -0.25) is 0 Å². The van der Waals surface area contributed by atoms with E-state index in [1.54, 1.807) is 0 Å². The van der Waals surface area contributed by atoms with E-state index in [2.05, 4.69) is 176 Å². The molecule has 52 heavy (non-hydrogen) atoms. The lowest BCUT2D eigenvalue weighted by Crippen LogP contribution is -2.25. The van der Waals surface area contributed by atoms with Crippen molar-refractivity contribution in [2.24, 2.45) is 0 Å². The summed E-state index contributed by atoms with van der Waals surface area (Å²) >= 11 is 1.88. The Morgan fingerprint density at radius 3 is 1.81 bits per heavy atom. The maximum absolute atomic E-state index is 5.45. The molecule has 2 aliphatic carbocycles. The topological polar surface area (TPSA) is 12.9 Å². The lowest BCUT2D eigenvalue weighted by Gasteiger charge is -2.30. The molecule has 10 aromatic rings. The fourth-order valence-electron chi connectivity index (χ4n) is 9.65. The zero-order valence-corrected chi connectivity index (χ0v) is 28.9. The van der Waals surface area contributed by atoms with Crippen LogP contribution in [-0.4, -0.2) is 4.98 Å². The number of thiophene rings is 1. The smallest absolute Gasteiger partial charge is 0.0788 e. The molecule has 0 N–H and O–H groups in total. The quantitative estimate of drug-likeness (QED) is 0.166. The van der Waals surface area contributed by atoms with Crippen molar-refractivity contribution in [3.8, 4) is 44.6 Å². The number of rotatable bonds is 2. The van der Waals surface area contributed by atoms with E-state index in [0.717, 1.165) is 16.8 Å². The summed E-state index contributed by atoms with van der Waals surface area (Å²) in [5.74, 6) is 0. The number of benzene rings is 8. The summed E-state index contributed by atoms with van der Waals surface area (Å²) in [5, 5.41) is 6.29. The molecule has 2 aromatic heterocycles. The van der Waals surface area contributed by atoms with Crippen molar-refractivity contribution in [1.29, 1.82) is 0 Å². The zero-order chi connectivity index (χ0) is 34.0. The van der Waals surface area contributed by atoms with E-state index in [9.17, 15) is 0 Å². The number of fused-ring (bicyclic) bond motifs is 17. The largest absolute Gasteiger partial charge is 0.247 e. The van der Waals surface area contributed by atoms with Gasteiger partial charge < -0.3 is 0 Å². The molecule has 0 unspecified atom stereocenters. The fourth-order valence-corrected chi connectivity index (χ4v) is 10.9. The van der Waals surface area contributed by atoms with Crippen molar-refractivity contribution in [3.63, 3.8) is 0 Å². The molecule has 240 valence electrons. The van der Waals surface area contributed by atoms with Crippen molar-refractivity contribution in [2.75, 3.05) is 0 Å². The second kappa shape index (κ2) is 10.4. The van der Waals surface area contributed by atoms with Gasteiger partial charge in [0.05, 0.1) is 16.6 Å². The number of nitrogens with zero attached hydrogens (tertiary/aromatic N) is 1. The zero-order valence-electron chi connectivity index (χ0n) is 28.1. The van der Waals surface area contributed by atoms with Gasteiger partial charge in [-0.1, -0.05) is 158 Å². The van der Waals surface area contributed by atoms with Gasteiger partial charge >= 0.3 is 0 Å². The van der Waals surface area contributed by atoms with Crippen LogP contribution in [0.3, 0.4) is 0 Å². The molecule has 0 bridgehead atoms. The number of para-hydroxylation sites is 1. The number of pyridine rings is 1. The number of aromatic nitrogens is 1. The van der Waals surface area contributed by atoms with E-state index in [4.69, 9.17) is 4.98 Å². The normalized spacial score (nSPS) is 13.5. The average Bonchev–Trinajstić information content (AvgIpc) is 3.85. The Morgan fingerprint density at radius 2 is 1.00 bits per heavy atom. The minimum absolute atomic E-state index is 0.388. The monoisotopic (exact) mass is 675 g/mol. The Balaban J connectivity index is 1.16. The minimum atomic E-state index is -0.388. The Bertz CT molecular complexity index is 3100. The van der Waals surface area contributed by atoms with Crippen LogP contribution >= 0.6 is 11.3 Å². The summed E-state index contributed by atoms with van der Waals surface area (Å²) in [5.41, 5.74) is 16.0. The molecule has 0 saturated heterocycles. The van der Waals surface area contributed by atoms with E-state index in [1.807, 2.05) is 11.3 Å². The van der Waals surface area contributed by atoms with Crippen molar-refractivity contribution in [2.45, 2.75) is 5.41 Å². The van der Waals surface area contributed by atoms with Crippen molar-refractivity contribution in [1.82, 2.24) is 4.98 Å². The third-order valence-electron chi connectivity index (χ3n) is 11.7. The van der Waals surface area contributed by atoms with Crippen LogP contribution < -0.4 is 0 Å². The van der Waals surface area contributed by atoms with Gasteiger partial charge in [0, 0.05) is 41.9 Å². The first kappa shape index (κ1) is 28.4. The first-order valence-electron chi connectivity index (χ1n) is 18.0. The van der Waals surface area contributed by atoms with Gasteiger partial charge in [-0.05, 0) is 73.8 Å². The molecule has 8 aromatic carbocycles. The molecule has 2 aliphatic rings. The highest BCUT2D eigenvalue weighted by atomic mass is 32.1. The second-order valence-electron chi connectivity index (χ2n) is 14.1. The van der Waals surface area contributed by atoms with Gasteiger partial charge in [-0.25, -0.2) is 4.98 Å². The Kier molecular flexibility index (Phi) is 5.65. The molecule has 0 aliphatic heterocycles. The molecule has 1 nitrogen and oxygen atoms in total. The number of hydrogen-bond acceptors (Lipinski definition) is 2. The summed E-state index contributed by atoms with van der Waals surface area (Å²) < 4.78 is 2.65.